The molecule has 3 N–H and O–H groups in total. The van der Waals surface area contributed by atoms with E-state index < -0.39 is 0 Å². The maximum atomic E-state index is 13.2. The number of aromatic nitrogens is 2. The Labute approximate surface area is 116 Å². The fraction of sp³-hybridized carbons (Fsp3) is 0.231. The standard InChI is InChI=1S/C13H15FN4S/c1-9(8-18-6-2-5-16-18)17-12-4-3-10(14)7-11(12)13(15)19/h2-7,9,17H,8H2,1H3,(H2,15,19). The molecule has 1 aromatic carbocycles. The first-order valence-electron chi connectivity index (χ1n) is 5.89. The van der Waals surface area contributed by atoms with Crippen LogP contribution in [0.4, 0.5) is 10.1 Å². The van der Waals surface area contributed by atoms with Crippen LogP contribution in [-0.2, 0) is 6.54 Å². The molecule has 0 aliphatic heterocycles. The van der Waals surface area contributed by atoms with E-state index in [4.69, 9.17) is 18.0 Å². The van der Waals surface area contributed by atoms with Gasteiger partial charge >= 0.3 is 0 Å². The van der Waals surface area contributed by atoms with Crippen LogP contribution >= 0.6 is 12.2 Å². The zero-order valence-corrected chi connectivity index (χ0v) is 11.3. The highest BCUT2D eigenvalue weighted by atomic mass is 32.1. The van der Waals surface area contributed by atoms with Crippen molar-refractivity contribution in [2.24, 2.45) is 5.73 Å². The predicted molar refractivity (Wildman–Crippen MR) is 77.6 cm³/mol. The van der Waals surface area contributed by atoms with Crippen molar-refractivity contribution < 1.29 is 4.39 Å². The third-order valence-electron chi connectivity index (χ3n) is 2.67. The molecule has 1 atom stereocenters. The average molecular weight is 278 g/mol. The van der Waals surface area contributed by atoms with Crippen molar-refractivity contribution in [3.8, 4) is 0 Å². The Morgan fingerprint density at radius 1 is 1.58 bits per heavy atom. The molecule has 0 amide bonds. The van der Waals surface area contributed by atoms with Crippen LogP contribution in [0.15, 0.2) is 36.7 Å². The van der Waals surface area contributed by atoms with Gasteiger partial charge in [-0.05, 0) is 31.2 Å². The van der Waals surface area contributed by atoms with E-state index in [0.717, 1.165) is 5.69 Å². The van der Waals surface area contributed by atoms with Crippen LogP contribution < -0.4 is 11.1 Å². The van der Waals surface area contributed by atoms with Gasteiger partial charge in [0.05, 0.1) is 6.54 Å². The molecule has 0 saturated carbocycles. The molecule has 0 fully saturated rings. The van der Waals surface area contributed by atoms with Crippen LogP contribution in [0.2, 0.25) is 0 Å². The van der Waals surface area contributed by atoms with Crippen LogP contribution in [0.25, 0.3) is 0 Å². The lowest BCUT2D eigenvalue weighted by Crippen LogP contribution is -2.24. The van der Waals surface area contributed by atoms with E-state index in [2.05, 4.69) is 10.4 Å². The summed E-state index contributed by atoms with van der Waals surface area (Å²) in [4.78, 5) is 0.174. The van der Waals surface area contributed by atoms with Crippen molar-refractivity contribution in [2.75, 3.05) is 5.32 Å². The summed E-state index contributed by atoms with van der Waals surface area (Å²) in [6.07, 6.45) is 3.61. The monoisotopic (exact) mass is 278 g/mol. The number of thiocarbonyl (C=S) groups is 1. The van der Waals surface area contributed by atoms with E-state index in [1.165, 1.54) is 12.1 Å². The van der Waals surface area contributed by atoms with Gasteiger partial charge in [-0.1, -0.05) is 12.2 Å². The fourth-order valence-corrected chi connectivity index (χ4v) is 2.02. The van der Waals surface area contributed by atoms with Crippen LogP contribution in [-0.4, -0.2) is 20.8 Å². The summed E-state index contributed by atoms with van der Waals surface area (Å²) < 4.78 is 15.0. The van der Waals surface area contributed by atoms with E-state index in [1.54, 1.807) is 12.3 Å². The van der Waals surface area contributed by atoms with Gasteiger partial charge in [0.25, 0.3) is 0 Å². The molecular weight excluding hydrogens is 263 g/mol. The zero-order chi connectivity index (χ0) is 13.8. The molecule has 4 nitrogen and oxygen atoms in total. The third kappa shape index (κ3) is 3.51. The first kappa shape index (κ1) is 13.5. The molecule has 0 saturated heterocycles. The summed E-state index contributed by atoms with van der Waals surface area (Å²) in [6.45, 7) is 2.70. The average Bonchev–Trinajstić information content (AvgIpc) is 2.83. The smallest absolute Gasteiger partial charge is 0.124 e. The van der Waals surface area contributed by atoms with Crippen LogP contribution in [0.5, 0.6) is 0 Å². The second-order valence-electron chi connectivity index (χ2n) is 4.33. The van der Waals surface area contributed by atoms with Gasteiger partial charge in [0.1, 0.15) is 10.8 Å². The summed E-state index contributed by atoms with van der Waals surface area (Å²) in [5.74, 6) is -0.354. The van der Waals surface area contributed by atoms with E-state index >= 15 is 0 Å². The molecule has 0 bridgehead atoms. The van der Waals surface area contributed by atoms with E-state index in [9.17, 15) is 4.39 Å². The Morgan fingerprint density at radius 3 is 3.00 bits per heavy atom. The fourth-order valence-electron chi connectivity index (χ4n) is 1.85. The second kappa shape index (κ2) is 5.79. The molecule has 2 aromatic rings. The van der Waals surface area contributed by atoms with Crippen molar-refractivity contribution in [3.63, 3.8) is 0 Å². The quantitative estimate of drug-likeness (QED) is 0.823. The molecule has 0 aliphatic rings. The molecule has 6 heteroatoms. The van der Waals surface area contributed by atoms with Crippen LogP contribution in [0.3, 0.4) is 0 Å². The Balaban J connectivity index is 2.12. The first-order chi connectivity index (χ1) is 9.06. The Hall–Kier alpha value is -1.95. The summed E-state index contributed by atoms with van der Waals surface area (Å²) >= 11 is 4.93. The largest absolute Gasteiger partial charge is 0.389 e. The lowest BCUT2D eigenvalue weighted by atomic mass is 10.1. The van der Waals surface area contributed by atoms with Gasteiger partial charge in [0.2, 0.25) is 0 Å². The van der Waals surface area contributed by atoms with E-state index in [0.29, 0.717) is 12.1 Å². The van der Waals surface area contributed by atoms with Gasteiger partial charge in [0, 0.05) is 29.7 Å². The van der Waals surface area contributed by atoms with Gasteiger partial charge in [-0.25, -0.2) is 4.39 Å². The number of rotatable bonds is 5. The normalized spacial score (nSPS) is 12.1. The van der Waals surface area contributed by atoms with Gasteiger partial charge in [-0.2, -0.15) is 5.10 Å². The Morgan fingerprint density at radius 2 is 2.37 bits per heavy atom. The number of anilines is 1. The summed E-state index contributed by atoms with van der Waals surface area (Å²) in [7, 11) is 0. The third-order valence-corrected chi connectivity index (χ3v) is 2.89. The van der Waals surface area contributed by atoms with Crippen LogP contribution in [0, 0.1) is 5.82 Å². The minimum atomic E-state index is -0.354. The maximum absolute atomic E-state index is 13.2. The highest BCUT2D eigenvalue weighted by Crippen LogP contribution is 2.18. The lowest BCUT2D eigenvalue weighted by molar-refractivity contribution is 0.560. The highest BCUT2D eigenvalue weighted by Gasteiger charge is 2.10. The zero-order valence-electron chi connectivity index (χ0n) is 10.5. The molecule has 0 radical (unpaired) electrons. The number of benzene rings is 1. The summed E-state index contributed by atoms with van der Waals surface area (Å²) in [5, 5.41) is 7.40. The molecule has 2 rings (SSSR count). The Kier molecular flexibility index (Phi) is 4.11. The molecule has 1 aromatic heterocycles. The van der Waals surface area contributed by atoms with Crippen LogP contribution in [0.1, 0.15) is 12.5 Å². The molecule has 1 heterocycles. The minimum absolute atomic E-state index is 0.110. The van der Waals surface area contributed by atoms with Gasteiger partial charge < -0.3 is 11.1 Å². The lowest BCUT2D eigenvalue weighted by Gasteiger charge is -2.18. The molecule has 1 unspecified atom stereocenters. The highest BCUT2D eigenvalue weighted by molar-refractivity contribution is 7.80. The van der Waals surface area contributed by atoms with Gasteiger partial charge in [-0.15, -0.1) is 0 Å². The predicted octanol–water partition coefficient (Wildman–Crippen LogP) is 2.16. The van der Waals surface area contributed by atoms with Gasteiger partial charge in [0.15, 0.2) is 0 Å². The Bertz CT molecular complexity index is 568. The SMILES string of the molecule is CC(Cn1cccn1)Nc1ccc(F)cc1C(N)=S. The van der Waals surface area contributed by atoms with Crippen molar-refractivity contribution in [1.29, 1.82) is 0 Å². The molecule has 100 valence electrons. The summed E-state index contributed by atoms with van der Waals surface area (Å²) in [6, 6.07) is 6.34. The number of hydrogen-bond donors (Lipinski definition) is 2. The molecule has 0 aliphatic carbocycles. The number of nitrogens with one attached hydrogen (secondary N) is 1. The van der Waals surface area contributed by atoms with Crippen molar-refractivity contribution >= 4 is 22.9 Å². The van der Waals surface area contributed by atoms with Crippen molar-refractivity contribution in [1.82, 2.24) is 9.78 Å². The van der Waals surface area contributed by atoms with E-state index in [-0.39, 0.29) is 16.8 Å². The van der Waals surface area contributed by atoms with E-state index in [1.807, 2.05) is 23.9 Å². The van der Waals surface area contributed by atoms with Gasteiger partial charge in [-0.3, -0.25) is 4.68 Å². The minimum Gasteiger partial charge on any atom is -0.389 e. The maximum Gasteiger partial charge on any atom is 0.124 e. The van der Waals surface area contributed by atoms with Crippen molar-refractivity contribution in [2.45, 2.75) is 19.5 Å². The number of nitrogens with two attached hydrogens (primary N) is 1. The molecular formula is C13H15FN4S. The number of halogens is 1. The molecule has 19 heavy (non-hydrogen) atoms. The number of hydrogen-bond acceptors (Lipinski definition) is 3. The van der Waals surface area contributed by atoms with Crippen molar-refractivity contribution in [3.05, 3.63) is 48.0 Å². The molecule has 0 spiro atoms. The second-order valence-corrected chi connectivity index (χ2v) is 4.77. The number of nitrogens with zero attached hydrogens (tertiary/aromatic N) is 2. The topological polar surface area (TPSA) is 55.9 Å². The summed E-state index contributed by atoms with van der Waals surface area (Å²) in [5.41, 5.74) is 6.85. The first-order valence-corrected chi connectivity index (χ1v) is 6.30.